The highest BCUT2D eigenvalue weighted by molar-refractivity contribution is 5.81. The quantitative estimate of drug-likeness (QED) is 0.942. The highest BCUT2D eigenvalue weighted by Crippen LogP contribution is 2.49. The Hall–Kier alpha value is -1.84. The highest BCUT2D eigenvalue weighted by atomic mass is 16.2. The first kappa shape index (κ1) is 14.7. The van der Waals surface area contributed by atoms with Crippen molar-refractivity contribution in [3.63, 3.8) is 0 Å². The molecule has 0 aliphatic heterocycles. The summed E-state index contributed by atoms with van der Waals surface area (Å²) in [5, 5.41) is 3.25. The normalized spacial score (nSPS) is 27.5. The number of hydrogen-bond donors (Lipinski definition) is 1. The van der Waals surface area contributed by atoms with Gasteiger partial charge in [0.05, 0.1) is 11.0 Å². The minimum absolute atomic E-state index is 0.103. The van der Waals surface area contributed by atoms with E-state index in [1.54, 1.807) is 0 Å². The van der Waals surface area contributed by atoms with Crippen LogP contribution in [0.4, 0.5) is 0 Å². The van der Waals surface area contributed by atoms with E-state index in [0.717, 1.165) is 28.7 Å². The summed E-state index contributed by atoms with van der Waals surface area (Å²) in [5.74, 6) is 3.44. The molecule has 4 nitrogen and oxygen atoms in total. The van der Waals surface area contributed by atoms with Crippen molar-refractivity contribution in [2.45, 2.75) is 52.1 Å². The number of nitrogens with zero attached hydrogens (tertiary/aromatic N) is 2. The summed E-state index contributed by atoms with van der Waals surface area (Å²) in [6.07, 6.45) is 5.46. The number of rotatable bonds is 4. The molecule has 4 heteroatoms. The molecule has 2 bridgehead atoms. The number of aromatic nitrogens is 2. The van der Waals surface area contributed by atoms with Crippen LogP contribution in [0.2, 0.25) is 0 Å². The van der Waals surface area contributed by atoms with Crippen molar-refractivity contribution >= 4 is 16.9 Å². The largest absolute Gasteiger partial charge is 0.352 e. The number of amides is 1. The predicted molar refractivity (Wildman–Crippen MR) is 91.0 cm³/mol. The maximum atomic E-state index is 12.5. The van der Waals surface area contributed by atoms with Gasteiger partial charge in [-0.3, -0.25) is 4.79 Å². The van der Waals surface area contributed by atoms with E-state index in [1.165, 1.54) is 25.7 Å². The number of fused-ring (bicyclic) bond motifs is 3. The van der Waals surface area contributed by atoms with Crippen LogP contribution >= 0.6 is 0 Å². The van der Waals surface area contributed by atoms with Crippen LogP contribution in [0.3, 0.4) is 0 Å². The van der Waals surface area contributed by atoms with E-state index in [9.17, 15) is 4.79 Å². The molecule has 1 amide bonds. The summed E-state index contributed by atoms with van der Waals surface area (Å²) in [5.41, 5.74) is 1.99. The first-order chi connectivity index (χ1) is 11.1. The second kappa shape index (κ2) is 5.66. The Morgan fingerprint density at radius 3 is 2.91 bits per heavy atom. The van der Waals surface area contributed by atoms with E-state index in [0.29, 0.717) is 12.5 Å². The van der Waals surface area contributed by atoms with Crippen molar-refractivity contribution in [1.29, 1.82) is 0 Å². The van der Waals surface area contributed by atoms with Crippen LogP contribution < -0.4 is 5.32 Å². The lowest BCUT2D eigenvalue weighted by Gasteiger charge is -2.28. The molecule has 2 aliphatic carbocycles. The van der Waals surface area contributed by atoms with Gasteiger partial charge in [0.25, 0.3) is 0 Å². The van der Waals surface area contributed by atoms with Gasteiger partial charge in [0.1, 0.15) is 12.4 Å². The molecule has 4 rings (SSSR count). The van der Waals surface area contributed by atoms with Crippen LogP contribution in [0.1, 0.15) is 38.4 Å². The van der Waals surface area contributed by atoms with Crippen LogP contribution in [0.25, 0.3) is 11.0 Å². The Kier molecular flexibility index (Phi) is 3.63. The standard InChI is InChI=1S/C19H25N3O/c1-12(16-10-14-7-8-15(16)9-14)20-19(23)11-22-13(2)21-17-5-3-4-6-18(17)22/h3-6,12,14-16H,7-11H2,1-2H3,(H,20,23)/t12-,14+,15+,16+/m1/s1. The molecule has 0 saturated heterocycles. The number of carbonyl (C=O) groups excluding carboxylic acids is 1. The first-order valence-electron chi connectivity index (χ1n) is 8.83. The zero-order valence-electron chi connectivity index (χ0n) is 14.0. The molecule has 1 heterocycles. The van der Waals surface area contributed by atoms with Crippen molar-refractivity contribution in [2.75, 3.05) is 0 Å². The minimum atomic E-state index is 0.103. The highest BCUT2D eigenvalue weighted by Gasteiger charge is 2.42. The zero-order valence-corrected chi connectivity index (χ0v) is 14.0. The molecule has 0 unspecified atom stereocenters. The first-order valence-corrected chi connectivity index (χ1v) is 8.83. The number of para-hydroxylation sites is 2. The van der Waals surface area contributed by atoms with E-state index < -0.39 is 0 Å². The van der Waals surface area contributed by atoms with Crippen molar-refractivity contribution in [2.24, 2.45) is 17.8 Å². The summed E-state index contributed by atoms with van der Waals surface area (Å²) in [7, 11) is 0. The van der Waals surface area contributed by atoms with E-state index in [-0.39, 0.29) is 11.9 Å². The van der Waals surface area contributed by atoms with Crippen LogP contribution in [0, 0.1) is 24.7 Å². The van der Waals surface area contributed by atoms with Gasteiger partial charge in [-0.25, -0.2) is 4.98 Å². The summed E-state index contributed by atoms with van der Waals surface area (Å²) in [6, 6.07) is 8.29. The van der Waals surface area contributed by atoms with Crippen molar-refractivity contribution < 1.29 is 4.79 Å². The summed E-state index contributed by atoms with van der Waals surface area (Å²) < 4.78 is 2.01. The molecule has 122 valence electrons. The maximum Gasteiger partial charge on any atom is 0.240 e. The number of benzene rings is 1. The molecule has 4 atom stereocenters. The van der Waals surface area contributed by atoms with Crippen LogP contribution in [0.15, 0.2) is 24.3 Å². The molecular formula is C19H25N3O. The molecule has 2 fully saturated rings. The average molecular weight is 311 g/mol. The van der Waals surface area contributed by atoms with E-state index in [1.807, 2.05) is 35.8 Å². The predicted octanol–water partition coefficient (Wildman–Crippen LogP) is 3.29. The molecule has 2 aromatic rings. The Balaban J connectivity index is 1.44. The molecular weight excluding hydrogens is 286 g/mol. The number of aryl methyl sites for hydroxylation is 1. The molecule has 1 aromatic heterocycles. The second-order valence-electron chi connectivity index (χ2n) is 7.43. The Labute approximate surface area is 137 Å². The van der Waals surface area contributed by atoms with Crippen LogP contribution in [-0.2, 0) is 11.3 Å². The molecule has 0 spiro atoms. The van der Waals surface area contributed by atoms with Gasteiger partial charge in [-0.1, -0.05) is 18.6 Å². The molecule has 2 aliphatic rings. The van der Waals surface area contributed by atoms with Gasteiger partial charge < -0.3 is 9.88 Å². The molecule has 23 heavy (non-hydrogen) atoms. The van der Waals surface area contributed by atoms with Crippen molar-refractivity contribution in [3.05, 3.63) is 30.1 Å². The fourth-order valence-corrected chi connectivity index (χ4v) is 4.85. The maximum absolute atomic E-state index is 12.5. The molecule has 2 saturated carbocycles. The number of nitrogens with one attached hydrogen (secondary N) is 1. The monoisotopic (exact) mass is 311 g/mol. The number of hydrogen-bond acceptors (Lipinski definition) is 2. The topological polar surface area (TPSA) is 46.9 Å². The Morgan fingerprint density at radius 2 is 2.17 bits per heavy atom. The van der Waals surface area contributed by atoms with Gasteiger partial charge in [0.15, 0.2) is 0 Å². The van der Waals surface area contributed by atoms with Crippen molar-refractivity contribution in [3.8, 4) is 0 Å². The Bertz CT molecular complexity index is 735. The molecule has 1 N–H and O–H groups in total. The molecule has 1 aromatic carbocycles. The summed E-state index contributed by atoms with van der Waals surface area (Å²) >= 11 is 0. The summed E-state index contributed by atoms with van der Waals surface area (Å²) in [6.45, 7) is 4.51. The van der Waals surface area contributed by atoms with Gasteiger partial charge in [-0.2, -0.15) is 0 Å². The smallest absolute Gasteiger partial charge is 0.240 e. The SMILES string of the molecule is Cc1nc2ccccc2n1CC(=O)N[C@H](C)[C@@H]1C[C@H]2CC[C@H]1C2. The van der Waals surface area contributed by atoms with Gasteiger partial charge in [-0.15, -0.1) is 0 Å². The summed E-state index contributed by atoms with van der Waals surface area (Å²) in [4.78, 5) is 17.1. The lowest BCUT2D eigenvalue weighted by molar-refractivity contribution is -0.122. The average Bonchev–Trinajstić information content (AvgIpc) is 3.22. The lowest BCUT2D eigenvalue weighted by Crippen LogP contribution is -2.41. The third kappa shape index (κ3) is 2.64. The van der Waals surface area contributed by atoms with Crippen molar-refractivity contribution in [1.82, 2.24) is 14.9 Å². The van der Waals surface area contributed by atoms with Gasteiger partial charge in [0, 0.05) is 6.04 Å². The fraction of sp³-hybridized carbons (Fsp3) is 0.579. The van der Waals surface area contributed by atoms with Gasteiger partial charge in [-0.05, 0) is 63.0 Å². The van der Waals surface area contributed by atoms with Crippen LogP contribution in [0.5, 0.6) is 0 Å². The van der Waals surface area contributed by atoms with Gasteiger partial charge in [0.2, 0.25) is 5.91 Å². The van der Waals surface area contributed by atoms with Crippen LogP contribution in [-0.4, -0.2) is 21.5 Å². The number of imidazole rings is 1. The number of carbonyl (C=O) groups is 1. The lowest BCUT2D eigenvalue weighted by atomic mass is 9.84. The second-order valence-corrected chi connectivity index (χ2v) is 7.43. The van der Waals surface area contributed by atoms with Gasteiger partial charge >= 0.3 is 0 Å². The van der Waals surface area contributed by atoms with E-state index in [2.05, 4.69) is 17.2 Å². The Morgan fingerprint density at radius 1 is 1.35 bits per heavy atom. The van der Waals surface area contributed by atoms with E-state index >= 15 is 0 Å². The minimum Gasteiger partial charge on any atom is -0.352 e. The molecule has 0 radical (unpaired) electrons. The fourth-order valence-electron chi connectivity index (χ4n) is 4.85. The van der Waals surface area contributed by atoms with E-state index in [4.69, 9.17) is 0 Å². The third-order valence-corrected chi connectivity index (χ3v) is 5.97. The third-order valence-electron chi connectivity index (χ3n) is 5.97. The zero-order chi connectivity index (χ0) is 16.0.